The van der Waals surface area contributed by atoms with E-state index in [4.69, 9.17) is 0 Å². The molecule has 11 heavy (non-hydrogen) atoms. The van der Waals surface area contributed by atoms with Gasteiger partial charge < -0.3 is 4.90 Å². The number of ketones is 1. The standard InChI is InChI=1S/C8H14FNO/c1-10-4-2-7(3-5-10)8(11)6-9/h7H,2-6H2,1H3. The summed E-state index contributed by atoms with van der Waals surface area (Å²) in [4.78, 5) is 13.0. The van der Waals surface area contributed by atoms with Crippen LogP contribution in [0.25, 0.3) is 0 Å². The van der Waals surface area contributed by atoms with E-state index < -0.39 is 6.67 Å². The Morgan fingerprint density at radius 2 is 2.09 bits per heavy atom. The van der Waals surface area contributed by atoms with Crippen molar-refractivity contribution in [2.75, 3.05) is 26.8 Å². The first kappa shape index (κ1) is 8.65. The van der Waals surface area contributed by atoms with Crippen molar-refractivity contribution in [3.8, 4) is 0 Å². The van der Waals surface area contributed by atoms with Gasteiger partial charge >= 0.3 is 0 Å². The first-order valence-electron chi connectivity index (χ1n) is 4.01. The van der Waals surface area contributed by atoms with Gasteiger partial charge in [0.1, 0.15) is 6.67 Å². The van der Waals surface area contributed by atoms with Crippen LogP contribution in [0.15, 0.2) is 0 Å². The van der Waals surface area contributed by atoms with Crippen molar-refractivity contribution in [3.63, 3.8) is 0 Å². The first-order chi connectivity index (χ1) is 5.24. The largest absolute Gasteiger partial charge is 0.306 e. The van der Waals surface area contributed by atoms with E-state index in [1.165, 1.54) is 0 Å². The molecule has 1 heterocycles. The van der Waals surface area contributed by atoms with Gasteiger partial charge in [-0.15, -0.1) is 0 Å². The van der Waals surface area contributed by atoms with Gasteiger partial charge in [-0.25, -0.2) is 4.39 Å². The minimum atomic E-state index is -0.783. The summed E-state index contributed by atoms with van der Waals surface area (Å²) in [6.45, 7) is 1.07. The summed E-state index contributed by atoms with van der Waals surface area (Å²) in [5.41, 5.74) is 0. The predicted octanol–water partition coefficient (Wildman–Crippen LogP) is 0.867. The van der Waals surface area contributed by atoms with Crippen LogP contribution in [0.1, 0.15) is 12.8 Å². The molecule has 1 fully saturated rings. The fraction of sp³-hybridized carbons (Fsp3) is 0.875. The van der Waals surface area contributed by atoms with Crippen LogP contribution in [-0.4, -0.2) is 37.5 Å². The molecule has 1 aliphatic rings. The zero-order valence-corrected chi connectivity index (χ0v) is 6.85. The Balaban J connectivity index is 2.33. The third-order valence-electron chi connectivity index (χ3n) is 2.31. The molecule has 1 saturated heterocycles. The van der Waals surface area contributed by atoms with Crippen LogP contribution in [-0.2, 0) is 4.79 Å². The molecule has 0 amide bonds. The highest BCUT2D eigenvalue weighted by molar-refractivity contribution is 5.82. The van der Waals surface area contributed by atoms with Crippen LogP contribution in [0.3, 0.4) is 0 Å². The van der Waals surface area contributed by atoms with Crippen molar-refractivity contribution < 1.29 is 9.18 Å². The van der Waals surface area contributed by atoms with E-state index in [2.05, 4.69) is 4.90 Å². The van der Waals surface area contributed by atoms with Gasteiger partial charge in [-0.3, -0.25) is 4.79 Å². The molecular weight excluding hydrogens is 145 g/mol. The lowest BCUT2D eigenvalue weighted by Gasteiger charge is -2.27. The van der Waals surface area contributed by atoms with E-state index >= 15 is 0 Å². The lowest BCUT2D eigenvalue weighted by molar-refractivity contribution is -0.125. The molecule has 0 bridgehead atoms. The number of carbonyl (C=O) groups is 1. The fourth-order valence-electron chi connectivity index (χ4n) is 1.44. The number of carbonyl (C=O) groups excluding carboxylic acids is 1. The maximum atomic E-state index is 11.9. The van der Waals surface area contributed by atoms with Crippen LogP contribution in [0, 0.1) is 5.92 Å². The fourth-order valence-corrected chi connectivity index (χ4v) is 1.44. The van der Waals surface area contributed by atoms with Crippen LogP contribution in [0.2, 0.25) is 0 Å². The Labute approximate surface area is 66.4 Å². The maximum absolute atomic E-state index is 11.9. The minimum Gasteiger partial charge on any atom is -0.306 e. The Kier molecular flexibility index (Phi) is 3.00. The van der Waals surface area contributed by atoms with Crippen molar-refractivity contribution in [1.82, 2.24) is 4.90 Å². The molecule has 0 N–H and O–H groups in total. The van der Waals surface area contributed by atoms with E-state index in [0.717, 1.165) is 25.9 Å². The van der Waals surface area contributed by atoms with Gasteiger partial charge in [-0.05, 0) is 33.0 Å². The first-order valence-corrected chi connectivity index (χ1v) is 4.01. The van der Waals surface area contributed by atoms with E-state index in [1.807, 2.05) is 7.05 Å². The second kappa shape index (κ2) is 3.81. The number of hydrogen-bond donors (Lipinski definition) is 0. The molecular formula is C8H14FNO. The molecule has 0 spiro atoms. The molecule has 0 radical (unpaired) electrons. The van der Waals surface area contributed by atoms with Crippen LogP contribution in [0.4, 0.5) is 4.39 Å². The topological polar surface area (TPSA) is 20.3 Å². The molecule has 0 aromatic carbocycles. The van der Waals surface area contributed by atoms with Crippen LogP contribution in [0.5, 0.6) is 0 Å². The van der Waals surface area contributed by atoms with Gasteiger partial charge in [0.15, 0.2) is 5.78 Å². The summed E-state index contributed by atoms with van der Waals surface area (Å²) >= 11 is 0. The lowest BCUT2D eigenvalue weighted by Crippen LogP contribution is -2.34. The predicted molar refractivity (Wildman–Crippen MR) is 41.2 cm³/mol. The summed E-state index contributed by atoms with van der Waals surface area (Å²) < 4.78 is 11.9. The van der Waals surface area contributed by atoms with Crippen molar-refractivity contribution >= 4 is 5.78 Å². The number of likely N-dealkylation sites (tertiary alicyclic amines) is 1. The van der Waals surface area contributed by atoms with Gasteiger partial charge in [0, 0.05) is 5.92 Å². The highest BCUT2D eigenvalue weighted by atomic mass is 19.1. The lowest BCUT2D eigenvalue weighted by atomic mass is 9.93. The smallest absolute Gasteiger partial charge is 0.166 e. The monoisotopic (exact) mass is 159 g/mol. The Morgan fingerprint density at radius 3 is 2.55 bits per heavy atom. The third kappa shape index (κ3) is 2.26. The molecule has 0 atom stereocenters. The van der Waals surface area contributed by atoms with Gasteiger partial charge in [0.05, 0.1) is 0 Å². The number of rotatable bonds is 2. The molecule has 0 aromatic heterocycles. The van der Waals surface area contributed by atoms with Gasteiger partial charge in [0.2, 0.25) is 0 Å². The van der Waals surface area contributed by atoms with Gasteiger partial charge in [-0.1, -0.05) is 0 Å². The third-order valence-corrected chi connectivity index (χ3v) is 2.31. The molecule has 0 aliphatic carbocycles. The maximum Gasteiger partial charge on any atom is 0.166 e. The highest BCUT2D eigenvalue weighted by Crippen LogP contribution is 2.16. The van der Waals surface area contributed by atoms with E-state index in [0.29, 0.717) is 0 Å². The van der Waals surface area contributed by atoms with Gasteiger partial charge in [-0.2, -0.15) is 0 Å². The number of halogens is 1. The number of piperidine rings is 1. The van der Waals surface area contributed by atoms with Crippen molar-refractivity contribution in [2.24, 2.45) is 5.92 Å². The normalized spacial score (nSPS) is 22.0. The van der Waals surface area contributed by atoms with Crippen molar-refractivity contribution in [1.29, 1.82) is 0 Å². The van der Waals surface area contributed by atoms with Crippen LogP contribution < -0.4 is 0 Å². The SMILES string of the molecule is CN1CCC(C(=O)CF)CC1. The summed E-state index contributed by atoms with van der Waals surface area (Å²) in [5, 5.41) is 0. The average Bonchev–Trinajstić information content (AvgIpc) is 2.05. The van der Waals surface area contributed by atoms with E-state index in [-0.39, 0.29) is 11.7 Å². The number of Topliss-reactive ketones (excluding diaryl/α,β-unsaturated/α-hetero) is 1. The summed E-state index contributed by atoms with van der Waals surface area (Å²) in [6.07, 6.45) is 1.67. The Hall–Kier alpha value is -0.440. The molecule has 64 valence electrons. The summed E-state index contributed by atoms with van der Waals surface area (Å²) in [5.74, 6) is -0.214. The number of alkyl halides is 1. The zero-order chi connectivity index (χ0) is 8.27. The second-order valence-electron chi connectivity index (χ2n) is 3.18. The summed E-state index contributed by atoms with van der Waals surface area (Å²) in [6, 6.07) is 0. The van der Waals surface area contributed by atoms with Crippen molar-refractivity contribution in [3.05, 3.63) is 0 Å². The molecule has 0 saturated carbocycles. The quantitative estimate of drug-likeness (QED) is 0.595. The molecule has 2 nitrogen and oxygen atoms in total. The molecule has 3 heteroatoms. The number of nitrogens with zero attached hydrogens (tertiary/aromatic N) is 1. The van der Waals surface area contributed by atoms with Crippen molar-refractivity contribution in [2.45, 2.75) is 12.8 Å². The van der Waals surface area contributed by atoms with E-state index in [1.54, 1.807) is 0 Å². The molecule has 1 aliphatic heterocycles. The van der Waals surface area contributed by atoms with E-state index in [9.17, 15) is 9.18 Å². The van der Waals surface area contributed by atoms with Gasteiger partial charge in [0.25, 0.3) is 0 Å². The molecule has 1 rings (SSSR count). The number of hydrogen-bond acceptors (Lipinski definition) is 2. The second-order valence-corrected chi connectivity index (χ2v) is 3.18. The molecule has 0 unspecified atom stereocenters. The average molecular weight is 159 g/mol. The Morgan fingerprint density at radius 1 is 1.55 bits per heavy atom. The van der Waals surface area contributed by atoms with Crippen LogP contribution >= 0.6 is 0 Å². The molecule has 0 aromatic rings. The zero-order valence-electron chi connectivity index (χ0n) is 6.85. The summed E-state index contributed by atoms with van der Waals surface area (Å²) in [7, 11) is 2.02. The minimum absolute atomic E-state index is 0.00352. The highest BCUT2D eigenvalue weighted by Gasteiger charge is 2.22. The Bertz CT molecular complexity index is 141.